The summed E-state index contributed by atoms with van der Waals surface area (Å²) in [5.74, 6) is 0. The summed E-state index contributed by atoms with van der Waals surface area (Å²) in [6.45, 7) is 0.730. The largest absolute Gasteiger partial charge is 0.392 e. The summed E-state index contributed by atoms with van der Waals surface area (Å²) < 4.78 is 1.84. The van der Waals surface area contributed by atoms with Crippen molar-refractivity contribution in [1.29, 1.82) is 0 Å². The molecular formula is C19H17N3O. The molecule has 4 heteroatoms. The number of aliphatic hydroxyl groups excluding tert-OH is 1. The highest BCUT2D eigenvalue weighted by Gasteiger charge is 2.05. The number of fused-ring (bicyclic) bond motifs is 1. The van der Waals surface area contributed by atoms with E-state index in [0.717, 1.165) is 11.1 Å². The molecule has 2 aromatic heterocycles. The summed E-state index contributed by atoms with van der Waals surface area (Å²) in [6.07, 6.45) is 5.54. The Morgan fingerprint density at radius 3 is 2.65 bits per heavy atom. The number of benzene rings is 2. The number of aromatic nitrogens is 3. The number of nitrogens with zero attached hydrogens (tertiary/aromatic N) is 2. The Morgan fingerprint density at radius 2 is 1.87 bits per heavy atom. The van der Waals surface area contributed by atoms with Crippen LogP contribution in [0.1, 0.15) is 11.1 Å². The molecule has 4 aromatic rings. The van der Waals surface area contributed by atoms with E-state index in [1.807, 2.05) is 17.1 Å². The lowest BCUT2D eigenvalue weighted by Crippen LogP contribution is -1.99. The first-order valence-electron chi connectivity index (χ1n) is 7.61. The zero-order valence-electron chi connectivity index (χ0n) is 12.6. The van der Waals surface area contributed by atoms with Crippen LogP contribution in [0.3, 0.4) is 0 Å². The molecule has 0 aliphatic rings. The fourth-order valence-corrected chi connectivity index (χ4v) is 2.89. The van der Waals surface area contributed by atoms with Crippen LogP contribution in [-0.4, -0.2) is 19.9 Å². The van der Waals surface area contributed by atoms with Gasteiger partial charge in [-0.25, -0.2) is 0 Å². The van der Waals surface area contributed by atoms with Gasteiger partial charge in [-0.1, -0.05) is 36.4 Å². The highest BCUT2D eigenvalue weighted by Crippen LogP contribution is 2.28. The van der Waals surface area contributed by atoms with Crippen molar-refractivity contribution in [2.45, 2.75) is 13.2 Å². The molecule has 2 heterocycles. The number of hydrogen-bond acceptors (Lipinski definition) is 2. The fraction of sp³-hybridized carbons (Fsp3) is 0.105. The summed E-state index contributed by atoms with van der Waals surface area (Å²) in [7, 11) is 0. The first-order chi connectivity index (χ1) is 11.3. The van der Waals surface area contributed by atoms with Crippen LogP contribution in [0.5, 0.6) is 0 Å². The van der Waals surface area contributed by atoms with Crippen molar-refractivity contribution >= 4 is 10.9 Å². The Morgan fingerprint density at radius 1 is 1.00 bits per heavy atom. The van der Waals surface area contributed by atoms with Crippen molar-refractivity contribution in [1.82, 2.24) is 14.8 Å². The average Bonchev–Trinajstić information content (AvgIpc) is 3.24. The molecule has 2 aromatic carbocycles. The number of rotatable bonds is 4. The van der Waals surface area contributed by atoms with Crippen LogP contribution in [0, 0.1) is 0 Å². The van der Waals surface area contributed by atoms with E-state index in [2.05, 4.69) is 58.6 Å². The molecule has 0 saturated heterocycles. The third kappa shape index (κ3) is 2.64. The monoisotopic (exact) mass is 303 g/mol. The van der Waals surface area contributed by atoms with Gasteiger partial charge in [0.25, 0.3) is 0 Å². The normalized spacial score (nSPS) is 11.2. The van der Waals surface area contributed by atoms with Gasteiger partial charge in [0.1, 0.15) is 0 Å². The smallest absolute Gasteiger partial charge is 0.0712 e. The van der Waals surface area contributed by atoms with Crippen molar-refractivity contribution in [3.63, 3.8) is 0 Å². The lowest BCUT2D eigenvalue weighted by molar-refractivity contribution is 0.281. The maximum Gasteiger partial charge on any atom is 0.0712 e. The van der Waals surface area contributed by atoms with E-state index in [-0.39, 0.29) is 6.61 Å². The van der Waals surface area contributed by atoms with Gasteiger partial charge in [-0.05, 0) is 28.8 Å². The van der Waals surface area contributed by atoms with Gasteiger partial charge >= 0.3 is 0 Å². The number of hydrogen-bond donors (Lipinski definition) is 2. The van der Waals surface area contributed by atoms with Gasteiger partial charge in [-0.3, -0.25) is 4.68 Å². The number of aromatic amines is 1. The molecule has 114 valence electrons. The van der Waals surface area contributed by atoms with E-state index in [9.17, 15) is 0 Å². The van der Waals surface area contributed by atoms with Crippen LogP contribution in [0.4, 0.5) is 0 Å². The highest BCUT2D eigenvalue weighted by atomic mass is 16.3. The first-order valence-corrected chi connectivity index (χ1v) is 7.61. The second-order valence-electron chi connectivity index (χ2n) is 5.65. The lowest BCUT2D eigenvalue weighted by atomic mass is 10.0. The SMILES string of the molecule is OCc1cnn(Cc2ccc(-c3cccc4[nH]ccc34)cc2)c1. The molecule has 2 N–H and O–H groups in total. The van der Waals surface area contributed by atoms with E-state index in [0.29, 0.717) is 6.54 Å². The summed E-state index contributed by atoms with van der Waals surface area (Å²) in [5.41, 5.74) is 5.61. The minimum absolute atomic E-state index is 0.0274. The predicted molar refractivity (Wildman–Crippen MR) is 91.0 cm³/mol. The average molecular weight is 303 g/mol. The molecule has 0 aliphatic heterocycles. The summed E-state index contributed by atoms with van der Waals surface area (Å²) >= 11 is 0. The van der Waals surface area contributed by atoms with Crippen LogP contribution >= 0.6 is 0 Å². The molecule has 0 spiro atoms. The quantitative estimate of drug-likeness (QED) is 0.605. The number of nitrogens with one attached hydrogen (secondary N) is 1. The van der Waals surface area contributed by atoms with Gasteiger partial charge in [0.2, 0.25) is 0 Å². The molecule has 0 atom stereocenters. The van der Waals surface area contributed by atoms with Gasteiger partial charge in [0.05, 0.1) is 19.3 Å². The van der Waals surface area contributed by atoms with Crippen molar-refractivity contribution in [2.24, 2.45) is 0 Å². The standard InChI is InChI=1S/C19H17N3O/c23-13-15-10-21-22(12-15)11-14-4-6-16(7-5-14)17-2-1-3-19-18(17)8-9-20-19/h1-10,12,20,23H,11,13H2. The summed E-state index contributed by atoms with van der Waals surface area (Å²) in [4.78, 5) is 3.25. The highest BCUT2D eigenvalue weighted by molar-refractivity contribution is 5.95. The molecule has 4 nitrogen and oxygen atoms in total. The minimum atomic E-state index is 0.0274. The Labute approximate surface area is 134 Å². The van der Waals surface area contributed by atoms with Gasteiger partial charge in [-0.15, -0.1) is 0 Å². The van der Waals surface area contributed by atoms with Crippen LogP contribution in [-0.2, 0) is 13.2 Å². The molecular weight excluding hydrogens is 286 g/mol. The van der Waals surface area contributed by atoms with Gasteiger partial charge in [-0.2, -0.15) is 5.10 Å². The topological polar surface area (TPSA) is 53.8 Å². The van der Waals surface area contributed by atoms with Gasteiger partial charge in [0.15, 0.2) is 0 Å². The Hall–Kier alpha value is -2.85. The molecule has 0 fully saturated rings. The number of aliphatic hydroxyl groups is 1. The molecule has 0 bridgehead atoms. The van der Waals surface area contributed by atoms with Crippen molar-refractivity contribution in [2.75, 3.05) is 0 Å². The second-order valence-corrected chi connectivity index (χ2v) is 5.65. The first kappa shape index (κ1) is 13.8. The van der Waals surface area contributed by atoms with E-state index in [4.69, 9.17) is 5.11 Å². The maximum absolute atomic E-state index is 9.09. The summed E-state index contributed by atoms with van der Waals surface area (Å²) in [6, 6.07) is 17.0. The Balaban J connectivity index is 1.61. The zero-order valence-corrected chi connectivity index (χ0v) is 12.6. The molecule has 0 saturated carbocycles. The van der Waals surface area contributed by atoms with Crippen molar-refractivity contribution in [3.8, 4) is 11.1 Å². The van der Waals surface area contributed by atoms with E-state index < -0.39 is 0 Å². The zero-order chi connectivity index (χ0) is 15.6. The molecule has 23 heavy (non-hydrogen) atoms. The van der Waals surface area contributed by atoms with Crippen molar-refractivity contribution in [3.05, 3.63) is 78.2 Å². The molecule has 0 radical (unpaired) electrons. The van der Waals surface area contributed by atoms with Crippen molar-refractivity contribution < 1.29 is 5.11 Å². The van der Waals surface area contributed by atoms with E-state index >= 15 is 0 Å². The predicted octanol–water partition coefficient (Wildman–Crippen LogP) is 3.57. The Kier molecular flexibility index (Phi) is 3.44. The van der Waals surface area contributed by atoms with Crippen LogP contribution < -0.4 is 0 Å². The maximum atomic E-state index is 9.09. The molecule has 0 unspecified atom stereocenters. The van der Waals surface area contributed by atoms with Crippen LogP contribution in [0.25, 0.3) is 22.0 Å². The van der Waals surface area contributed by atoms with Gasteiger partial charge < -0.3 is 10.1 Å². The Bertz CT molecular complexity index is 935. The molecule has 0 amide bonds. The number of H-pyrrole nitrogens is 1. The van der Waals surface area contributed by atoms with Gasteiger partial charge in [0, 0.05) is 28.9 Å². The third-order valence-electron chi connectivity index (χ3n) is 4.07. The van der Waals surface area contributed by atoms with Crippen LogP contribution in [0.15, 0.2) is 67.1 Å². The molecule has 4 rings (SSSR count). The lowest BCUT2D eigenvalue weighted by Gasteiger charge is -2.06. The fourth-order valence-electron chi connectivity index (χ4n) is 2.89. The van der Waals surface area contributed by atoms with E-state index in [1.165, 1.54) is 22.1 Å². The minimum Gasteiger partial charge on any atom is -0.392 e. The van der Waals surface area contributed by atoms with E-state index in [1.54, 1.807) is 6.20 Å². The second kappa shape index (κ2) is 5.74. The molecule has 0 aliphatic carbocycles. The summed E-state index contributed by atoms with van der Waals surface area (Å²) in [5, 5.41) is 14.6. The third-order valence-corrected chi connectivity index (χ3v) is 4.07. The van der Waals surface area contributed by atoms with Crippen LogP contribution in [0.2, 0.25) is 0 Å².